The molecule has 0 saturated carbocycles. The lowest BCUT2D eigenvalue weighted by molar-refractivity contribution is -0.127. The maximum Gasteiger partial charge on any atom is 0.335 e. The summed E-state index contributed by atoms with van der Waals surface area (Å²) in [4.78, 5) is 27.1. The van der Waals surface area contributed by atoms with E-state index in [4.69, 9.17) is 11.6 Å². The van der Waals surface area contributed by atoms with Gasteiger partial charge in [0.15, 0.2) is 5.78 Å². The molecule has 0 spiro atoms. The van der Waals surface area contributed by atoms with E-state index in [1.165, 1.54) is 0 Å². The van der Waals surface area contributed by atoms with Crippen molar-refractivity contribution < 1.29 is 14.7 Å². The van der Waals surface area contributed by atoms with Crippen molar-refractivity contribution >= 4 is 29.0 Å². The summed E-state index contributed by atoms with van der Waals surface area (Å²) in [6.45, 7) is 6.40. The Bertz CT molecular complexity index is 908. The highest BCUT2D eigenvalue weighted by molar-refractivity contribution is 6.31. The number of carbonyl (C=O) groups is 2. The molecule has 1 heterocycles. The largest absolute Gasteiger partial charge is 0.478 e. The smallest absolute Gasteiger partial charge is 0.335 e. The fourth-order valence-electron chi connectivity index (χ4n) is 4.29. The minimum Gasteiger partial charge on any atom is -0.478 e. The number of aromatic carboxylic acids is 1. The van der Waals surface area contributed by atoms with Crippen LogP contribution >= 0.6 is 11.6 Å². The van der Waals surface area contributed by atoms with Crippen LogP contribution in [0.4, 0.5) is 5.69 Å². The van der Waals surface area contributed by atoms with Gasteiger partial charge >= 0.3 is 5.97 Å². The summed E-state index contributed by atoms with van der Waals surface area (Å²) in [6, 6.07) is 12.8. The highest BCUT2D eigenvalue weighted by Crippen LogP contribution is 2.45. The van der Waals surface area contributed by atoms with Crippen LogP contribution in [0.5, 0.6) is 0 Å². The van der Waals surface area contributed by atoms with Gasteiger partial charge in [0.05, 0.1) is 5.56 Å². The van der Waals surface area contributed by atoms with Crippen LogP contribution in [0.2, 0.25) is 5.02 Å². The Balaban J connectivity index is 2.17. The quantitative estimate of drug-likeness (QED) is 0.680. The zero-order valence-electron chi connectivity index (χ0n) is 16.5. The van der Waals surface area contributed by atoms with Crippen molar-refractivity contribution in [2.75, 3.05) is 4.90 Å². The van der Waals surface area contributed by atoms with Crippen molar-refractivity contribution in [3.63, 3.8) is 0 Å². The molecule has 0 aromatic heterocycles. The number of anilines is 1. The zero-order valence-corrected chi connectivity index (χ0v) is 17.3. The van der Waals surface area contributed by atoms with E-state index >= 15 is 0 Å². The van der Waals surface area contributed by atoms with Gasteiger partial charge in [0.25, 0.3) is 0 Å². The normalized spacial score (nSPS) is 18.4. The van der Waals surface area contributed by atoms with Crippen LogP contribution < -0.4 is 4.90 Å². The first-order chi connectivity index (χ1) is 13.3. The van der Waals surface area contributed by atoms with E-state index in [-0.39, 0.29) is 17.3 Å². The Kier molecular flexibility index (Phi) is 5.80. The number of Topliss-reactive ketones (excluding diaryl/α,β-unsaturated/α-hetero) is 1. The predicted octanol–water partition coefficient (Wildman–Crippen LogP) is 5.36. The molecule has 1 atom stereocenters. The Labute approximate surface area is 171 Å². The van der Waals surface area contributed by atoms with Crippen molar-refractivity contribution in [1.82, 2.24) is 0 Å². The van der Waals surface area contributed by atoms with Crippen LogP contribution in [-0.2, 0) is 17.8 Å². The van der Waals surface area contributed by atoms with Crippen LogP contribution in [0, 0.1) is 5.92 Å². The average molecular weight is 400 g/mol. The van der Waals surface area contributed by atoms with E-state index in [0.29, 0.717) is 24.4 Å². The fraction of sp³-hybridized carbons (Fsp3) is 0.391. The Morgan fingerprint density at radius 1 is 1.21 bits per heavy atom. The van der Waals surface area contributed by atoms with Gasteiger partial charge in [-0.05, 0) is 35.7 Å². The first-order valence-electron chi connectivity index (χ1n) is 9.71. The molecule has 28 heavy (non-hydrogen) atoms. The molecule has 1 unspecified atom stereocenters. The molecule has 0 saturated heterocycles. The molecule has 0 bridgehead atoms. The van der Waals surface area contributed by atoms with E-state index in [9.17, 15) is 14.7 Å². The lowest BCUT2D eigenvalue weighted by atomic mass is 9.80. The summed E-state index contributed by atoms with van der Waals surface area (Å²) < 4.78 is 0. The monoisotopic (exact) mass is 399 g/mol. The number of halogens is 1. The number of nitrogens with zero attached hydrogens (tertiary/aromatic N) is 1. The van der Waals surface area contributed by atoms with Gasteiger partial charge in [0.2, 0.25) is 0 Å². The molecule has 5 heteroatoms. The second-order valence-electron chi connectivity index (χ2n) is 7.80. The lowest BCUT2D eigenvalue weighted by Gasteiger charge is -2.40. The summed E-state index contributed by atoms with van der Waals surface area (Å²) >= 11 is 6.42. The second kappa shape index (κ2) is 7.96. The number of hydrogen-bond acceptors (Lipinski definition) is 3. The van der Waals surface area contributed by atoms with Crippen molar-refractivity contribution in [2.45, 2.75) is 52.1 Å². The second-order valence-corrected chi connectivity index (χ2v) is 8.21. The van der Waals surface area contributed by atoms with Crippen molar-refractivity contribution in [3.8, 4) is 0 Å². The number of hydrogen-bond donors (Lipinski definition) is 1. The molecule has 2 aromatic rings. The Morgan fingerprint density at radius 3 is 2.54 bits per heavy atom. The number of carbonyl (C=O) groups excluding carboxylic acids is 1. The van der Waals surface area contributed by atoms with Crippen LogP contribution in [-0.4, -0.2) is 22.4 Å². The number of carboxylic acid groups (broad SMARTS) is 1. The van der Waals surface area contributed by atoms with E-state index in [1.807, 2.05) is 44.2 Å². The van der Waals surface area contributed by atoms with Gasteiger partial charge in [-0.1, -0.05) is 63.1 Å². The van der Waals surface area contributed by atoms with Crippen molar-refractivity contribution in [1.29, 1.82) is 0 Å². The van der Waals surface area contributed by atoms with Crippen molar-refractivity contribution in [2.24, 2.45) is 5.92 Å². The van der Waals surface area contributed by atoms with Gasteiger partial charge in [0.1, 0.15) is 5.54 Å². The van der Waals surface area contributed by atoms with Crippen LogP contribution in [0.15, 0.2) is 42.5 Å². The summed E-state index contributed by atoms with van der Waals surface area (Å²) in [6.07, 6.45) is 2.17. The fourth-order valence-corrected chi connectivity index (χ4v) is 4.49. The minimum atomic E-state index is -0.969. The predicted molar refractivity (Wildman–Crippen MR) is 112 cm³/mol. The third-order valence-electron chi connectivity index (χ3n) is 5.56. The third-order valence-corrected chi connectivity index (χ3v) is 5.92. The molecular formula is C23H26ClNO3. The average Bonchev–Trinajstić information content (AvgIpc) is 2.96. The highest BCUT2D eigenvalue weighted by atomic mass is 35.5. The number of fused-ring (bicyclic) bond motifs is 1. The molecule has 3 rings (SSSR count). The molecule has 4 nitrogen and oxygen atoms in total. The minimum absolute atomic E-state index is 0.117. The summed E-state index contributed by atoms with van der Waals surface area (Å²) in [5, 5.41) is 10.1. The number of benzene rings is 2. The molecule has 1 N–H and O–H groups in total. The van der Waals surface area contributed by atoms with Gasteiger partial charge in [-0.2, -0.15) is 0 Å². The molecular weight excluding hydrogens is 374 g/mol. The van der Waals surface area contributed by atoms with Gasteiger partial charge in [-0.3, -0.25) is 4.79 Å². The zero-order chi connectivity index (χ0) is 20.5. The molecule has 2 aromatic carbocycles. The summed E-state index contributed by atoms with van der Waals surface area (Å²) in [5.74, 6) is -0.897. The topological polar surface area (TPSA) is 57.6 Å². The van der Waals surface area contributed by atoms with Gasteiger partial charge < -0.3 is 10.0 Å². The number of carboxylic acids is 1. The van der Waals surface area contributed by atoms with Gasteiger partial charge in [-0.25, -0.2) is 4.79 Å². The molecule has 148 valence electrons. The molecule has 0 amide bonds. The molecule has 0 aliphatic carbocycles. The lowest BCUT2D eigenvalue weighted by Crippen LogP contribution is -2.54. The van der Waals surface area contributed by atoms with E-state index in [2.05, 4.69) is 11.8 Å². The SMILES string of the molecule is CCCC1(C(=O)C(C)C)Cc2ccc(C(=O)O)cc2N1Cc1ccccc1Cl. The maximum absolute atomic E-state index is 13.4. The van der Waals surface area contributed by atoms with Crippen LogP contribution in [0.25, 0.3) is 0 Å². The Hall–Kier alpha value is -2.33. The van der Waals surface area contributed by atoms with Gasteiger partial charge in [0, 0.05) is 29.6 Å². The van der Waals surface area contributed by atoms with Crippen molar-refractivity contribution in [3.05, 3.63) is 64.2 Å². The van der Waals surface area contributed by atoms with Gasteiger partial charge in [-0.15, -0.1) is 0 Å². The summed E-state index contributed by atoms with van der Waals surface area (Å²) in [7, 11) is 0. The molecule has 1 aliphatic heterocycles. The molecule has 0 radical (unpaired) electrons. The molecule has 1 aliphatic rings. The molecule has 0 fully saturated rings. The first-order valence-corrected chi connectivity index (χ1v) is 10.1. The standard InChI is InChI=1S/C23H26ClNO3/c1-4-11-23(21(26)15(2)3)13-17-10-9-16(22(27)28)12-20(17)25(23)14-18-7-5-6-8-19(18)24/h5-10,12,15H,4,11,13-14H2,1-3H3,(H,27,28). The summed E-state index contributed by atoms with van der Waals surface area (Å²) in [5.41, 5.74) is 2.31. The highest BCUT2D eigenvalue weighted by Gasteiger charge is 2.49. The van der Waals surface area contributed by atoms with E-state index in [0.717, 1.165) is 23.2 Å². The third kappa shape index (κ3) is 3.53. The maximum atomic E-state index is 13.4. The van der Waals surface area contributed by atoms with E-state index in [1.54, 1.807) is 12.1 Å². The van der Waals surface area contributed by atoms with Crippen LogP contribution in [0.3, 0.4) is 0 Å². The first kappa shape index (κ1) is 20.4. The van der Waals surface area contributed by atoms with E-state index < -0.39 is 11.5 Å². The number of rotatable bonds is 7. The van der Waals surface area contributed by atoms with Crippen LogP contribution in [0.1, 0.15) is 55.1 Å². The Morgan fingerprint density at radius 2 is 1.93 bits per heavy atom. The number of ketones is 1.